The van der Waals surface area contributed by atoms with E-state index in [4.69, 9.17) is 10.2 Å². The predicted molar refractivity (Wildman–Crippen MR) is 21.4 cm³/mol. The monoisotopic (exact) mass is 120 g/mol. The SMILES string of the molecule is O=C([O-])N(CO)CO. The van der Waals surface area contributed by atoms with Crippen molar-refractivity contribution < 1.29 is 20.1 Å². The largest absolute Gasteiger partial charge is 0.530 e. The van der Waals surface area contributed by atoms with Gasteiger partial charge in [0.15, 0.2) is 0 Å². The first-order valence-electron chi connectivity index (χ1n) is 1.90. The number of carbonyl (C=O) groups is 1. The van der Waals surface area contributed by atoms with Crippen molar-refractivity contribution in [2.75, 3.05) is 13.5 Å². The molecule has 8 heavy (non-hydrogen) atoms. The quantitative estimate of drug-likeness (QED) is 0.395. The van der Waals surface area contributed by atoms with Crippen molar-refractivity contribution >= 4 is 6.09 Å². The lowest BCUT2D eigenvalue weighted by atomic mass is 10.8. The normalized spacial score (nSPS) is 8.75. The van der Waals surface area contributed by atoms with E-state index in [1.807, 2.05) is 0 Å². The maximum absolute atomic E-state index is 9.66. The Hall–Kier alpha value is -0.810. The molecule has 5 heteroatoms. The third kappa shape index (κ3) is 1.76. The molecular formula is C3H6NO4-. The topological polar surface area (TPSA) is 83.8 Å². The summed E-state index contributed by atoms with van der Waals surface area (Å²) in [5.41, 5.74) is 0. The molecule has 0 fully saturated rings. The van der Waals surface area contributed by atoms with E-state index < -0.39 is 19.6 Å². The van der Waals surface area contributed by atoms with Gasteiger partial charge < -0.3 is 25.0 Å². The second kappa shape index (κ2) is 3.23. The summed E-state index contributed by atoms with van der Waals surface area (Å²) in [6.07, 6.45) is -1.59. The molecule has 0 heterocycles. The molecule has 0 aliphatic carbocycles. The molecule has 0 rings (SSSR count). The van der Waals surface area contributed by atoms with Crippen molar-refractivity contribution in [3.05, 3.63) is 0 Å². The number of amides is 1. The van der Waals surface area contributed by atoms with Crippen LogP contribution in [0.15, 0.2) is 0 Å². The van der Waals surface area contributed by atoms with Crippen LogP contribution >= 0.6 is 0 Å². The van der Waals surface area contributed by atoms with E-state index in [-0.39, 0.29) is 0 Å². The van der Waals surface area contributed by atoms with Crippen LogP contribution in [0.2, 0.25) is 0 Å². The first-order valence-corrected chi connectivity index (χ1v) is 1.90. The Kier molecular flexibility index (Phi) is 2.90. The Labute approximate surface area is 45.8 Å². The zero-order valence-electron chi connectivity index (χ0n) is 4.07. The van der Waals surface area contributed by atoms with Crippen LogP contribution in [-0.4, -0.2) is 34.7 Å². The molecule has 1 amide bonds. The number of aliphatic hydroxyl groups excluding tert-OH is 2. The van der Waals surface area contributed by atoms with E-state index in [0.717, 1.165) is 0 Å². The summed E-state index contributed by atoms with van der Waals surface area (Å²) >= 11 is 0. The van der Waals surface area contributed by atoms with Crippen molar-refractivity contribution in [1.82, 2.24) is 4.90 Å². The summed E-state index contributed by atoms with van der Waals surface area (Å²) in [5.74, 6) is 0. The number of hydrogen-bond donors (Lipinski definition) is 2. The van der Waals surface area contributed by atoms with Crippen LogP contribution in [0.25, 0.3) is 0 Å². The van der Waals surface area contributed by atoms with Gasteiger partial charge in [-0.1, -0.05) is 0 Å². The number of rotatable bonds is 2. The van der Waals surface area contributed by atoms with E-state index in [0.29, 0.717) is 4.90 Å². The average molecular weight is 120 g/mol. The Morgan fingerprint density at radius 3 is 1.88 bits per heavy atom. The Bertz CT molecular complexity index is 79.4. The smallest absolute Gasteiger partial charge is 0.140 e. The molecule has 0 radical (unpaired) electrons. The summed E-state index contributed by atoms with van der Waals surface area (Å²) in [5, 5.41) is 25.7. The second-order valence-electron chi connectivity index (χ2n) is 1.09. The summed E-state index contributed by atoms with van der Waals surface area (Å²) in [4.78, 5) is 9.99. The lowest BCUT2D eigenvalue weighted by Gasteiger charge is -2.17. The zero-order valence-corrected chi connectivity index (χ0v) is 4.07. The molecule has 0 saturated heterocycles. The third-order valence-corrected chi connectivity index (χ3v) is 0.600. The molecule has 0 saturated carbocycles. The van der Waals surface area contributed by atoms with Gasteiger partial charge in [0.05, 0.1) is 0 Å². The number of carboxylic acid groups (broad SMARTS) is 1. The molecule has 0 aromatic rings. The molecular weight excluding hydrogens is 114 g/mol. The fourth-order valence-electron chi connectivity index (χ4n) is 0.160. The van der Waals surface area contributed by atoms with Gasteiger partial charge in [0.2, 0.25) is 0 Å². The van der Waals surface area contributed by atoms with Gasteiger partial charge >= 0.3 is 0 Å². The molecule has 0 aromatic heterocycles. The lowest BCUT2D eigenvalue weighted by molar-refractivity contribution is -0.272. The van der Waals surface area contributed by atoms with Crippen LogP contribution < -0.4 is 5.11 Å². The van der Waals surface area contributed by atoms with Crippen LogP contribution in [0.4, 0.5) is 4.79 Å². The van der Waals surface area contributed by atoms with Crippen LogP contribution in [-0.2, 0) is 0 Å². The molecule has 0 aromatic carbocycles. The molecule has 0 atom stereocenters. The Morgan fingerprint density at radius 2 is 1.88 bits per heavy atom. The fourth-order valence-corrected chi connectivity index (χ4v) is 0.160. The molecule has 0 aliphatic rings. The average Bonchev–Trinajstić information content (AvgIpc) is 1.69. The van der Waals surface area contributed by atoms with E-state index in [1.54, 1.807) is 0 Å². The summed E-state index contributed by atoms with van der Waals surface area (Å²) in [6.45, 7) is -1.47. The van der Waals surface area contributed by atoms with E-state index in [1.165, 1.54) is 0 Å². The minimum Gasteiger partial charge on any atom is -0.530 e. The number of aliphatic hydroxyl groups is 2. The Balaban J connectivity index is 3.52. The van der Waals surface area contributed by atoms with Gasteiger partial charge in [-0.15, -0.1) is 0 Å². The maximum Gasteiger partial charge on any atom is 0.140 e. The first kappa shape index (κ1) is 7.19. The highest BCUT2D eigenvalue weighted by Crippen LogP contribution is 1.77. The van der Waals surface area contributed by atoms with Gasteiger partial charge in [0.25, 0.3) is 0 Å². The highest BCUT2D eigenvalue weighted by Gasteiger charge is 1.95. The van der Waals surface area contributed by atoms with Crippen molar-refractivity contribution in [3.8, 4) is 0 Å². The highest BCUT2D eigenvalue weighted by molar-refractivity contribution is 5.61. The van der Waals surface area contributed by atoms with Crippen LogP contribution in [0.1, 0.15) is 0 Å². The molecule has 0 spiro atoms. The number of hydrogen-bond acceptors (Lipinski definition) is 4. The van der Waals surface area contributed by atoms with Gasteiger partial charge in [-0.05, 0) is 0 Å². The second-order valence-corrected chi connectivity index (χ2v) is 1.09. The Morgan fingerprint density at radius 1 is 1.50 bits per heavy atom. The lowest BCUT2D eigenvalue weighted by Crippen LogP contribution is -2.42. The van der Waals surface area contributed by atoms with Gasteiger partial charge in [0, 0.05) is 0 Å². The van der Waals surface area contributed by atoms with Crippen molar-refractivity contribution in [3.63, 3.8) is 0 Å². The molecule has 2 N–H and O–H groups in total. The van der Waals surface area contributed by atoms with E-state index in [9.17, 15) is 9.90 Å². The van der Waals surface area contributed by atoms with Crippen LogP contribution in [0, 0.1) is 0 Å². The zero-order chi connectivity index (χ0) is 6.57. The van der Waals surface area contributed by atoms with Crippen molar-refractivity contribution in [1.29, 1.82) is 0 Å². The predicted octanol–water partition coefficient (Wildman–Crippen LogP) is -2.47. The maximum atomic E-state index is 9.66. The van der Waals surface area contributed by atoms with E-state index >= 15 is 0 Å². The standard InChI is InChI=1S/C3H7NO4/c5-1-4(2-6)3(7)8/h5-6H,1-2H2,(H,7,8)/p-1. The molecule has 48 valence electrons. The van der Waals surface area contributed by atoms with E-state index in [2.05, 4.69) is 0 Å². The molecule has 5 nitrogen and oxygen atoms in total. The molecule has 0 bridgehead atoms. The van der Waals surface area contributed by atoms with Crippen molar-refractivity contribution in [2.24, 2.45) is 0 Å². The van der Waals surface area contributed by atoms with Crippen LogP contribution in [0.3, 0.4) is 0 Å². The first-order chi connectivity index (χ1) is 3.72. The summed E-state index contributed by atoms with van der Waals surface area (Å²) in [7, 11) is 0. The summed E-state index contributed by atoms with van der Waals surface area (Å²) < 4.78 is 0. The minimum absolute atomic E-state index is 0.333. The fraction of sp³-hybridized carbons (Fsp3) is 0.667. The van der Waals surface area contributed by atoms with Gasteiger partial charge in [-0.2, -0.15) is 0 Å². The number of carbonyl (C=O) groups excluding carboxylic acids is 1. The number of nitrogens with zero attached hydrogens (tertiary/aromatic N) is 1. The molecule has 0 unspecified atom stereocenters. The van der Waals surface area contributed by atoms with Crippen LogP contribution in [0.5, 0.6) is 0 Å². The van der Waals surface area contributed by atoms with Gasteiger partial charge in [0.1, 0.15) is 19.6 Å². The van der Waals surface area contributed by atoms with Gasteiger partial charge in [-0.3, -0.25) is 0 Å². The summed E-state index contributed by atoms with van der Waals surface area (Å²) in [6, 6.07) is 0. The molecule has 0 aliphatic heterocycles. The minimum atomic E-state index is -1.59. The van der Waals surface area contributed by atoms with Gasteiger partial charge in [-0.25, -0.2) is 0 Å². The highest BCUT2D eigenvalue weighted by atomic mass is 16.4. The van der Waals surface area contributed by atoms with Crippen molar-refractivity contribution in [2.45, 2.75) is 0 Å². The third-order valence-electron chi connectivity index (χ3n) is 0.600.